The molecular formula is C13H23N4O7S+. The Morgan fingerprint density at radius 3 is 2.60 bits per heavy atom. The number of fused-ring (bicyclic) bond motifs is 2. The van der Waals surface area contributed by atoms with Crippen LogP contribution >= 0.6 is 0 Å². The number of urea groups is 1. The van der Waals surface area contributed by atoms with E-state index in [4.69, 9.17) is 15.1 Å². The van der Waals surface area contributed by atoms with Crippen molar-refractivity contribution in [3.8, 4) is 0 Å². The SMILES string of the molecule is NC(=O)[C@@H]1CC[C@@H]2C[N+]1(OCCN1CCCC1)C(=O)N2OS(=O)(=O)O. The van der Waals surface area contributed by atoms with Gasteiger partial charge in [0.2, 0.25) is 6.04 Å². The van der Waals surface area contributed by atoms with Crippen LogP contribution in [0, 0.1) is 0 Å². The number of quaternary nitrogens is 1. The molecule has 25 heavy (non-hydrogen) atoms. The van der Waals surface area contributed by atoms with Gasteiger partial charge in [0.25, 0.3) is 5.91 Å². The molecule has 2 bridgehead atoms. The number of rotatable bonds is 7. The third kappa shape index (κ3) is 3.64. The van der Waals surface area contributed by atoms with E-state index in [1.807, 2.05) is 0 Å². The van der Waals surface area contributed by atoms with Gasteiger partial charge in [-0.1, -0.05) is 4.65 Å². The quantitative estimate of drug-likeness (QED) is 0.425. The van der Waals surface area contributed by atoms with E-state index in [1.165, 1.54) is 0 Å². The number of piperidine rings is 1. The van der Waals surface area contributed by atoms with E-state index >= 15 is 0 Å². The van der Waals surface area contributed by atoms with Gasteiger partial charge in [-0.15, -0.1) is 9.35 Å². The van der Waals surface area contributed by atoms with Crippen molar-refractivity contribution in [3.63, 3.8) is 0 Å². The number of nitrogens with zero attached hydrogens (tertiary/aromatic N) is 3. The van der Waals surface area contributed by atoms with Gasteiger partial charge < -0.3 is 10.6 Å². The largest absolute Gasteiger partial charge is 0.477 e. The Labute approximate surface area is 145 Å². The summed E-state index contributed by atoms with van der Waals surface area (Å²) < 4.78 is 34.6. The summed E-state index contributed by atoms with van der Waals surface area (Å²) in [7, 11) is -4.86. The molecule has 11 nitrogen and oxygen atoms in total. The Bertz CT molecular complexity index is 651. The number of hydroxylamine groups is 5. The molecule has 0 aromatic heterocycles. The first-order valence-corrected chi connectivity index (χ1v) is 9.64. The van der Waals surface area contributed by atoms with Crippen molar-refractivity contribution in [1.82, 2.24) is 9.96 Å². The summed E-state index contributed by atoms with van der Waals surface area (Å²) in [5.74, 6) is -0.693. The van der Waals surface area contributed by atoms with E-state index in [0.717, 1.165) is 25.9 Å². The molecule has 0 aliphatic carbocycles. The van der Waals surface area contributed by atoms with Crippen molar-refractivity contribution >= 4 is 22.3 Å². The summed E-state index contributed by atoms with van der Waals surface area (Å²) in [4.78, 5) is 32.6. The molecule has 1 unspecified atom stereocenters. The van der Waals surface area contributed by atoms with Crippen molar-refractivity contribution in [2.75, 3.05) is 32.8 Å². The van der Waals surface area contributed by atoms with Gasteiger partial charge in [0.05, 0.1) is 0 Å². The highest BCUT2D eigenvalue weighted by Gasteiger charge is 2.65. The van der Waals surface area contributed by atoms with Crippen molar-refractivity contribution in [3.05, 3.63) is 0 Å². The summed E-state index contributed by atoms with van der Waals surface area (Å²) in [6.07, 6.45) is 2.81. The van der Waals surface area contributed by atoms with Gasteiger partial charge in [-0.05, 0) is 32.4 Å². The molecule has 3 atom stereocenters. The Morgan fingerprint density at radius 2 is 2.00 bits per heavy atom. The van der Waals surface area contributed by atoms with Gasteiger partial charge in [0.15, 0.2) is 0 Å². The average Bonchev–Trinajstić information content (AvgIpc) is 3.09. The fourth-order valence-electron chi connectivity index (χ4n) is 3.90. The minimum Gasteiger partial charge on any atom is -0.364 e. The number of carbonyl (C=O) groups excluding carboxylic acids is 2. The summed E-state index contributed by atoms with van der Waals surface area (Å²) >= 11 is 0. The second-order valence-electron chi connectivity index (χ2n) is 6.62. The molecule has 0 radical (unpaired) electrons. The minimum atomic E-state index is -4.86. The third-order valence-electron chi connectivity index (χ3n) is 5.03. The number of hydrogen-bond donors (Lipinski definition) is 2. The molecular weight excluding hydrogens is 356 g/mol. The predicted molar refractivity (Wildman–Crippen MR) is 82.6 cm³/mol. The van der Waals surface area contributed by atoms with E-state index in [2.05, 4.69) is 9.18 Å². The molecule has 0 aromatic rings. The monoisotopic (exact) mass is 379 g/mol. The molecule has 0 aromatic carbocycles. The first-order valence-electron chi connectivity index (χ1n) is 8.28. The highest BCUT2D eigenvalue weighted by molar-refractivity contribution is 7.80. The lowest BCUT2D eigenvalue weighted by Crippen LogP contribution is -2.63. The Balaban J connectivity index is 1.77. The molecule has 3 heterocycles. The molecule has 0 spiro atoms. The lowest BCUT2D eigenvalue weighted by atomic mass is 10.00. The van der Waals surface area contributed by atoms with Gasteiger partial charge in [-0.25, -0.2) is 4.79 Å². The van der Waals surface area contributed by atoms with Crippen molar-refractivity contribution in [2.45, 2.75) is 37.8 Å². The van der Waals surface area contributed by atoms with Gasteiger partial charge in [-0.2, -0.15) is 13.3 Å². The second kappa shape index (κ2) is 6.78. The smallest absolute Gasteiger partial charge is 0.364 e. The fraction of sp³-hybridized carbons (Fsp3) is 0.846. The maximum absolute atomic E-state index is 12.8. The molecule has 3 N–H and O–H groups in total. The molecule has 3 amide bonds. The topological polar surface area (TPSA) is 139 Å². The minimum absolute atomic E-state index is 0.0436. The molecule has 3 fully saturated rings. The number of carbonyl (C=O) groups is 2. The maximum atomic E-state index is 12.8. The van der Waals surface area contributed by atoms with Gasteiger partial charge in [-0.3, -0.25) is 9.35 Å². The highest BCUT2D eigenvalue weighted by atomic mass is 32.3. The summed E-state index contributed by atoms with van der Waals surface area (Å²) in [6.45, 7) is 2.75. The van der Waals surface area contributed by atoms with Crippen LogP contribution in [0.2, 0.25) is 0 Å². The molecule has 3 saturated heterocycles. The zero-order valence-corrected chi connectivity index (χ0v) is 14.6. The van der Waals surface area contributed by atoms with Crippen LogP contribution in [0.15, 0.2) is 0 Å². The van der Waals surface area contributed by atoms with Crippen LogP contribution in [0.3, 0.4) is 0 Å². The second-order valence-corrected chi connectivity index (χ2v) is 7.62. The van der Waals surface area contributed by atoms with Crippen molar-refractivity contribution in [1.29, 1.82) is 0 Å². The molecule has 142 valence electrons. The first-order chi connectivity index (χ1) is 11.7. The van der Waals surface area contributed by atoms with Crippen molar-refractivity contribution in [2.24, 2.45) is 5.73 Å². The number of likely N-dealkylation sites (tertiary alicyclic amines) is 1. The van der Waals surface area contributed by atoms with Crippen LogP contribution in [0.5, 0.6) is 0 Å². The van der Waals surface area contributed by atoms with Crippen LogP contribution in [-0.4, -0.2) is 84.4 Å². The van der Waals surface area contributed by atoms with Crippen LogP contribution in [-0.2, 0) is 24.3 Å². The van der Waals surface area contributed by atoms with Crippen molar-refractivity contribution < 1.29 is 36.3 Å². The van der Waals surface area contributed by atoms with Crippen LogP contribution in [0.1, 0.15) is 25.7 Å². The predicted octanol–water partition coefficient (Wildman–Crippen LogP) is -0.983. The first kappa shape index (κ1) is 18.5. The third-order valence-corrected chi connectivity index (χ3v) is 5.38. The summed E-state index contributed by atoms with van der Waals surface area (Å²) in [6, 6.07) is -2.38. The van der Waals surface area contributed by atoms with Crippen LogP contribution in [0.4, 0.5) is 4.79 Å². The van der Waals surface area contributed by atoms with E-state index in [9.17, 15) is 18.0 Å². The molecule has 3 rings (SSSR count). The van der Waals surface area contributed by atoms with E-state index in [0.29, 0.717) is 18.0 Å². The maximum Gasteiger partial charge on any atom is 0.477 e. The number of nitrogens with two attached hydrogens (primary N) is 1. The number of amides is 3. The normalized spacial score (nSPS) is 33.2. The van der Waals surface area contributed by atoms with Crippen LogP contribution < -0.4 is 5.73 Å². The van der Waals surface area contributed by atoms with Gasteiger partial charge >= 0.3 is 16.4 Å². The molecule has 3 aliphatic heterocycles. The number of hydrogen-bond acceptors (Lipinski definition) is 7. The van der Waals surface area contributed by atoms with E-state index in [-0.39, 0.29) is 19.6 Å². The standard InChI is InChI=1S/C13H22N4O7S/c14-12(18)11-4-3-10-9-17(11,13(19)16(10)24-25(20,21)22)23-8-7-15-5-1-2-6-15/h10-11H,1-9H2,(H2-,14,18,20,21,22)/p+1/t10-,11+,17?/m1/s1. The Kier molecular flexibility index (Phi) is 5.01. The Morgan fingerprint density at radius 1 is 1.32 bits per heavy atom. The summed E-state index contributed by atoms with van der Waals surface area (Å²) in [5.41, 5.74) is 5.44. The van der Waals surface area contributed by atoms with Gasteiger partial charge in [0, 0.05) is 13.0 Å². The molecule has 3 aliphatic rings. The molecule has 12 heteroatoms. The number of primary amides is 1. The zero-order chi connectivity index (χ0) is 18.2. The average molecular weight is 379 g/mol. The van der Waals surface area contributed by atoms with E-state index < -0.39 is 39.1 Å². The zero-order valence-electron chi connectivity index (χ0n) is 13.7. The van der Waals surface area contributed by atoms with Gasteiger partial charge in [0.1, 0.15) is 19.2 Å². The fourth-order valence-corrected chi connectivity index (χ4v) is 4.28. The Hall–Kier alpha value is -1.31. The highest BCUT2D eigenvalue weighted by Crippen LogP contribution is 2.38. The molecule has 0 saturated carbocycles. The lowest BCUT2D eigenvalue weighted by molar-refractivity contribution is -1.05. The lowest BCUT2D eigenvalue weighted by Gasteiger charge is -2.35. The van der Waals surface area contributed by atoms with E-state index in [1.54, 1.807) is 0 Å². The van der Waals surface area contributed by atoms with Crippen LogP contribution in [0.25, 0.3) is 0 Å². The summed E-state index contributed by atoms with van der Waals surface area (Å²) in [5, 5.41) is 0.591.